The van der Waals surface area contributed by atoms with Gasteiger partial charge in [-0.05, 0) is 37.1 Å². The smallest absolute Gasteiger partial charge is 0.410 e. The van der Waals surface area contributed by atoms with Crippen LogP contribution in [0.5, 0.6) is 11.5 Å². The summed E-state index contributed by atoms with van der Waals surface area (Å²) >= 11 is 0. The third-order valence-electron chi connectivity index (χ3n) is 7.14. The van der Waals surface area contributed by atoms with Crippen molar-refractivity contribution in [1.82, 2.24) is 9.80 Å². The minimum atomic E-state index is -0.436. The van der Waals surface area contributed by atoms with Gasteiger partial charge in [-0.2, -0.15) is 0 Å². The molecule has 0 bridgehead atoms. The average Bonchev–Trinajstić information content (AvgIpc) is 2.91. The number of amides is 2. The van der Waals surface area contributed by atoms with Crippen molar-refractivity contribution in [3.63, 3.8) is 0 Å². The first-order valence-electron chi connectivity index (χ1n) is 15.2. The number of quaternary nitrogens is 2. The van der Waals surface area contributed by atoms with Gasteiger partial charge in [0.15, 0.2) is 11.6 Å². The molecule has 0 saturated carbocycles. The number of hydrogen-bond acceptors (Lipinski definition) is 6. The van der Waals surface area contributed by atoms with E-state index in [1.54, 1.807) is 40.3 Å². The summed E-state index contributed by atoms with van der Waals surface area (Å²) in [6.45, 7) is 1.90. The van der Waals surface area contributed by atoms with Crippen LogP contribution in [0.15, 0.2) is 48.5 Å². The summed E-state index contributed by atoms with van der Waals surface area (Å²) in [5.41, 5.74) is 1.76. The molecule has 0 fully saturated rings. The second kappa shape index (κ2) is 16.9. The highest BCUT2D eigenvalue weighted by molar-refractivity contribution is 5.80. The van der Waals surface area contributed by atoms with Crippen molar-refractivity contribution in [2.75, 3.05) is 69.5 Å². The molecule has 2 aromatic rings. The lowest BCUT2D eigenvalue weighted by Gasteiger charge is -2.30. The third kappa shape index (κ3) is 13.3. The standard InChI is InChI=1S/C34H52N4O6/c1-35(2)33(41)43-31-21-15-13-17-27(31)23-37(5,6)25-29(39)19-11-9-10-12-20-30(40)26-38(7,8)24-28-18-14-16-22-32(28)44-34(42)36(3)4/h13-18,21-22H,9-12,19-20,23-26H2,1-8H3/q+2. The Labute approximate surface area is 263 Å². The number of carbonyl (C=O) groups is 4. The van der Waals surface area contributed by atoms with Gasteiger partial charge in [0.25, 0.3) is 0 Å². The molecule has 2 aromatic carbocycles. The topological polar surface area (TPSA) is 93.2 Å². The Hall–Kier alpha value is -3.76. The molecule has 0 N–H and O–H groups in total. The summed E-state index contributed by atoms with van der Waals surface area (Å²) in [5.74, 6) is 1.42. The number of Topliss-reactive ketones (excluding diaryl/α,β-unsaturated/α-hetero) is 2. The predicted molar refractivity (Wildman–Crippen MR) is 171 cm³/mol. The number of hydrogen-bond donors (Lipinski definition) is 0. The Kier molecular flexibility index (Phi) is 14.0. The molecule has 44 heavy (non-hydrogen) atoms. The van der Waals surface area contributed by atoms with Crippen LogP contribution in [0.4, 0.5) is 9.59 Å². The van der Waals surface area contributed by atoms with Gasteiger partial charge in [-0.15, -0.1) is 0 Å². The van der Waals surface area contributed by atoms with Crippen LogP contribution in [0.25, 0.3) is 0 Å². The maximum Gasteiger partial charge on any atom is 0.414 e. The zero-order valence-electron chi connectivity index (χ0n) is 27.9. The van der Waals surface area contributed by atoms with E-state index in [9.17, 15) is 19.2 Å². The molecule has 2 rings (SSSR count). The molecule has 0 saturated heterocycles. The van der Waals surface area contributed by atoms with E-state index in [1.807, 2.05) is 64.6 Å². The monoisotopic (exact) mass is 612 g/mol. The second-order valence-corrected chi connectivity index (χ2v) is 13.2. The molecular formula is C34H52N4O6+2. The van der Waals surface area contributed by atoms with Crippen LogP contribution in [0.1, 0.15) is 49.7 Å². The SMILES string of the molecule is CN(C)C(=O)Oc1ccccc1C[N+](C)(C)CC(=O)CCCCCCC(=O)C[N+](C)(C)Cc1ccccc1OC(=O)N(C)C. The number of ketones is 2. The molecule has 0 aromatic heterocycles. The maximum absolute atomic E-state index is 12.8. The van der Waals surface area contributed by atoms with Crippen molar-refractivity contribution in [1.29, 1.82) is 0 Å². The molecular weight excluding hydrogens is 560 g/mol. The first-order valence-corrected chi connectivity index (χ1v) is 15.2. The highest BCUT2D eigenvalue weighted by Crippen LogP contribution is 2.24. The molecule has 242 valence electrons. The molecule has 0 aliphatic heterocycles. The zero-order chi connectivity index (χ0) is 32.9. The first-order chi connectivity index (χ1) is 20.6. The number of likely N-dealkylation sites (N-methyl/N-ethyl adjacent to an activating group) is 2. The Bertz CT molecular complexity index is 1170. The van der Waals surface area contributed by atoms with Gasteiger partial charge in [-0.25, -0.2) is 9.59 Å². The maximum atomic E-state index is 12.8. The van der Waals surface area contributed by atoms with Crippen molar-refractivity contribution < 1.29 is 37.6 Å². The number of unbranched alkanes of at least 4 members (excludes halogenated alkanes) is 3. The van der Waals surface area contributed by atoms with Crippen molar-refractivity contribution in [3.05, 3.63) is 59.7 Å². The average molecular weight is 613 g/mol. The quantitative estimate of drug-likeness (QED) is 0.182. The van der Waals surface area contributed by atoms with Gasteiger partial charge in [-0.1, -0.05) is 37.1 Å². The Morgan fingerprint density at radius 1 is 0.568 bits per heavy atom. The lowest BCUT2D eigenvalue weighted by atomic mass is 10.1. The first kappa shape index (κ1) is 36.4. The minimum absolute atomic E-state index is 0.199. The van der Waals surface area contributed by atoms with Crippen LogP contribution < -0.4 is 9.47 Å². The van der Waals surface area contributed by atoms with Crippen LogP contribution in [-0.2, 0) is 22.7 Å². The number of benzene rings is 2. The molecule has 0 aliphatic carbocycles. The fraction of sp³-hybridized carbons (Fsp3) is 0.529. The van der Waals surface area contributed by atoms with E-state index in [0.717, 1.165) is 36.8 Å². The highest BCUT2D eigenvalue weighted by atomic mass is 16.6. The van der Waals surface area contributed by atoms with Crippen LogP contribution in [0.2, 0.25) is 0 Å². The lowest BCUT2D eigenvalue weighted by Crippen LogP contribution is -2.43. The summed E-state index contributed by atoms with van der Waals surface area (Å²) in [5, 5.41) is 0. The van der Waals surface area contributed by atoms with Gasteiger partial charge in [0.2, 0.25) is 0 Å². The molecule has 0 spiro atoms. The van der Waals surface area contributed by atoms with Crippen LogP contribution in [0, 0.1) is 0 Å². The molecule has 0 unspecified atom stereocenters. The normalized spacial score (nSPS) is 11.5. The molecule has 10 nitrogen and oxygen atoms in total. The fourth-order valence-corrected chi connectivity index (χ4v) is 4.98. The molecule has 0 radical (unpaired) electrons. The Morgan fingerprint density at radius 3 is 1.25 bits per heavy atom. The minimum Gasteiger partial charge on any atom is -0.410 e. The highest BCUT2D eigenvalue weighted by Gasteiger charge is 2.25. The number of carbonyl (C=O) groups excluding carboxylic acids is 4. The van der Waals surface area contributed by atoms with E-state index >= 15 is 0 Å². The fourth-order valence-electron chi connectivity index (χ4n) is 4.98. The molecule has 0 heterocycles. The molecule has 2 amide bonds. The van der Waals surface area contributed by atoms with Gasteiger partial charge in [0, 0.05) is 52.2 Å². The van der Waals surface area contributed by atoms with Crippen molar-refractivity contribution in [3.8, 4) is 11.5 Å². The van der Waals surface area contributed by atoms with E-state index in [0.29, 0.717) is 59.5 Å². The largest absolute Gasteiger partial charge is 0.414 e. The number of nitrogens with zero attached hydrogens (tertiary/aromatic N) is 4. The van der Waals surface area contributed by atoms with Gasteiger partial charge in [-0.3, -0.25) is 9.59 Å². The van der Waals surface area contributed by atoms with Gasteiger partial charge in [0.1, 0.15) is 37.7 Å². The van der Waals surface area contributed by atoms with Crippen molar-refractivity contribution in [2.24, 2.45) is 0 Å². The summed E-state index contributed by atoms with van der Waals surface area (Å²) in [6, 6.07) is 14.8. The van der Waals surface area contributed by atoms with Crippen LogP contribution in [-0.4, -0.2) is 112 Å². The predicted octanol–water partition coefficient (Wildman–Crippen LogP) is 5.14. The summed E-state index contributed by atoms with van der Waals surface area (Å²) in [6.07, 6.45) is 3.55. The molecule has 10 heteroatoms. The van der Waals surface area contributed by atoms with E-state index in [1.165, 1.54) is 9.80 Å². The van der Waals surface area contributed by atoms with E-state index in [-0.39, 0.29) is 11.6 Å². The van der Waals surface area contributed by atoms with E-state index in [2.05, 4.69) is 0 Å². The lowest BCUT2D eigenvalue weighted by molar-refractivity contribution is -0.895. The summed E-state index contributed by atoms with van der Waals surface area (Å²) in [7, 11) is 14.6. The summed E-state index contributed by atoms with van der Waals surface area (Å²) < 4.78 is 11.9. The number of rotatable bonds is 17. The van der Waals surface area contributed by atoms with E-state index in [4.69, 9.17) is 9.47 Å². The van der Waals surface area contributed by atoms with E-state index < -0.39 is 12.2 Å². The number of ether oxygens (including phenoxy) is 2. The van der Waals surface area contributed by atoms with Crippen LogP contribution in [0.3, 0.4) is 0 Å². The summed E-state index contributed by atoms with van der Waals surface area (Å²) in [4.78, 5) is 52.4. The third-order valence-corrected chi connectivity index (χ3v) is 7.14. The Balaban J connectivity index is 1.72. The van der Waals surface area contributed by atoms with Gasteiger partial charge >= 0.3 is 12.2 Å². The zero-order valence-corrected chi connectivity index (χ0v) is 27.9. The second-order valence-electron chi connectivity index (χ2n) is 13.2. The van der Waals surface area contributed by atoms with Crippen molar-refractivity contribution >= 4 is 23.8 Å². The van der Waals surface area contributed by atoms with Crippen molar-refractivity contribution in [2.45, 2.75) is 51.6 Å². The molecule has 0 atom stereocenters. The van der Waals surface area contributed by atoms with Gasteiger partial charge in [0.05, 0.1) is 28.2 Å². The Morgan fingerprint density at radius 2 is 0.909 bits per heavy atom. The molecule has 0 aliphatic rings. The van der Waals surface area contributed by atoms with Gasteiger partial charge < -0.3 is 28.2 Å². The van der Waals surface area contributed by atoms with Crippen LogP contribution >= 0.6 is 0 Å². The number of para-hydroxylation sites is 2.